The molecule has 0 spiro atoms. The summed E-state index contributed by atoms with van der Waals surface area (Å²) in [6.07, 6.45) is 5.20. The summed E-state index contributed by atoms with van der Waals surface area (Å²) in [4.78, 5) is 18.7. The van der Waals surface area contributed by atoms with Gasteiger partial charge < -0.3 is 15.4 Å². The highest BCUT2D eigenvalue weighted by atomic mass is 16.3. The van der Waals surface area contributed by atoms with Crippen molar-refractivity contribution in [2.24, 2.45) is 5.92 Å². The van der Waals surface area contributed by atoms with Gasteiger partial charge in [-0.3, -0.25) is 9.69 Å². The van der Waals surface area contributed by atoms with Crippen LogP contribution in [0.2, 0.25) is 0 Å². The molecule has 1 aromatic carbocycles. The Labute approximate surface area is 154 Å². The Morgan fingerprint density at radius 1 is 1.46 bits per heavy atom. The minimum atomic E-state index is -0.189. The van der Waals surface area contributed by atoms with Gasteiger partial charge in [0.25, 0.3) is 0 Å². The Balaban J connectivity index is 1.67. The smallest absolute Gasteiger partial charge is 0.224 e. The van der Waals surface area contributed by atoms with Gasteiger partial charge in [-0.15, -0.1) is 0 Å². The van der Waals surface area contributed by atoms with Crippen LogP contribution in [0.4, 0.5) is 0 Å². The fourth-order valence-corrected chi connectivity index (χ4v) is 4.94. The number of hydrogen-bond donors (Lipinski definition) is 3. The second-order valence-corrected chi connectivity index (χ2v) is 7.98. The lowest BCUT2D eigenvalue weighted by Crippen LogP contribution is -2.54. The summed E-state index contributed by atoms with van der Waals surface area (Å²) in [5.41, 5.74) is 4.01. The van der Waals surface area contributed by atoms with E-state index < -0.39 is 0 Å². The Kier molecular flexibility index (Phi) is 4.76. The number of fused-ring (bicyclic) bond motifs is 2. The zero-order chi connectivity index (χ0) is 18.3. The van der Waals surface area contributed by atoms with E-state index in [1.165, 1.54) is 22.0 Å². The predicted octanol–water partition coefficient (Wildman–Crippen LogP) is 2.41. The van der Waals surface area contributed by atoms with Gasteiger partial charge in [0.05, 0.1) is 12.5 Å². The molecule has 0 radical (unpaired) electrons. The van der Waals surface area contributed by atoms with Crippen LogP contribution in [0.3, 0.4) is 0 Å². The van der Waals surface area contributed by atoms with Gasteiger partial charge in [-0.1, -0.05) is 19.1 Å². The van der Waals surface area contributed by atoms with Crippen molar-refractivity contribution in [3.05, 3.63) is 35.5 Å². The van der Waals surface area contributed by atoms with E-state index in [0.29, 0.717) is 12.0 Å². The van der Waals surface area contributed by atoms with E-state index in [0.717, 1.165) is 32.4 Å². The third-order valence-corrected chi connectivity index (χ3v) is 6.12. The molecule has 0 bridgehead atoms. The average molecular weight is 355 g/mol. The van der Waals surface area contributed by atoms with Gasteiger partial charge in [-0.25, -0.2) is 0 Å². The van der Waals surface area contributed by atoms with Crippen molar-refractivity contribution < 1.29 is 9.90 Å². The van der Waals surface area contributed by atoms with E-state index in [4.69, 9.17) is 0 Å². The lowest BCUT2D eigenvalue weighted by Gasteiger charge is -2.46. The maximum Gasteiger partial charge on any atom is 0.224 e. The van der Waals surface area contributed by atoms with Crippen molar-refractivity contribution in [1.82, 2.24) is 15.2 Å². The van der Waals surface area contributed by atoms with E-state index in [1.807, 2.05) is 6.92 Å². The third-order valence-electron chi connectivity index (χ3n) is 6.12. The van der Waals surface area contributed by atoms with Crippen LogP contribution in [0, 0.1) is 5.92 Å². The summed E-state index contributed by atoms with van der Waals surface area (Å²) in [5, 5.41) is 13.6. The van der Waals surface area contributed by atoms with Gasteiger partial charge in [-0.05, 0) is 49.9 Å². The topological polar surface area (TPSA) is 68.4 Å². The molecule has 4 rings (SSSR count). The summed E-state index contributed by atoms with van der Waals surface area (Å²) in [5.74, 6) is 0.452. The number of carbonyl (C=O) groups excluding carboxylic acids is 1. The van der Waals surface area contributed by atoms with E-state index in [-0.39, 0.29) is 24.5 Å². The first-order valence-corrected chi connectivity index (χ1v) is 9.86. The molecule has 2 aromatic rings. The Hall–Kier alpha value is -1.85. The van der Waals surface area contributed by atoms with E-state index >= 15 is 0 Å². The molecule has 1 aliphatic carbocycles. The largest absolute Gasteiger partial charge is 0.394 e. The minimum Gasteiger partial charge on any atom is -0.394 e. The molecule has 140 valence electrons. The SMILES string of the molecule is CCCN1C[C@@H](C(=O)NC(C)CO)C[C@@H]2c3cccc4[nH]cc(c34)C[C@H]21. The molecule has 1 aromatic heterocycles. The van der Waals surface area contributed by atoms with Crippen molar-refractivity contribution in [3.8, 4) is 0 Å². The van der Waals surface area contributed by atoms with Crippen LogP contribution in [0.15, 0.2) is 24.4 Å². The normalized spacial score (nSPS) is 26.5. The Morgan fingerprint density at radius 3 is 3.08 bits per heavy atom. The number of piperidine rings is 1. The number of H-pyrrole nitrogens is 1. The maximum absolute atomic E-state index is 12.8. The number of nitrogens with zero attached hydrogens (tertiary/aromatic N) is 1. The first-order valence-electron chi connectivity index (χ1n) is 9.86. The molecule has 1 unspecified atom stereocenters. The molecular weight excluding hydrogens is 326 g/mol. The molecular formula is C21H29N3O2. The summed E-state index contributed by atoms with van der Waals surface area (Å²) < 4.78 is 0. The minimum absolute atomic E-state index is 0.0186. The van der Waals surface area contributed by atoms with Crippen LogP contribution in [0.25, 0.3) is 10.9 Å². The van der Waals surface area contributed by atoms with Crippen molar-refractivity contribution in [3.63, 3.8) is 0 Å². The number of rotatable bonds is 5. The molecule has 1 amide bonds. The van der Waals surface area contributed by atoms with Gasteiger partial charge in [-0.2, -0.15) is 0 Å². The van der Waals surface area contributed by atoms with Gasteiger partial charge in [0.2, 0.25) is 5.91 Å². The first-order chi connectivity index (χ1) is 12.6. The van der Waals surface area contributed by atoms with Gasteiger partial charge in [0, 0.05) is 41.6 Å². The van der Waals surface area contributed by atoms with Crippen LogP contribution >= 0.6 is 0 Å². The third kappa shape index (κ3) is 2.93. The van der Waals surface area contributed by atoms with Gasteiger partial charge >= 0.3 is 0 Å². The second-order valence-electron chi connectivity index (χ2n) is 7.98. The summed E-state index contributed by atoms with van der Waals surface area (Å²) >= 11 is 0. The molecule has 1 fully saturated rings. The number of aromatic nitrogens is 1. The van der Waals surface area contributed by atoms with Crippen LogP contribution in [-0.4, -0.2) is 52.7 Å². The number of carbonyl (C=O) groups is 1. The molecule has 2 heterocycles. The molecule has 1 aliphatic heterocycles. The van der Waals surface area contributed by atoms with Crippen molar-refractivity contribution in [1.29, 1.82) is 0 Å². The number of hydrogen-bond acceptors (Lipinski definition) is 3. The molecule has 4 atom stereocenters. The van der Waals surface area contributed by atoms with Crippen molar-refractivity contribution in [2.75, 3.05) is 19.7 Å². The average Bonchev–Trinajstić information content (AvgIpc) is 3.06. The standard InChI is InChI=1S/C21H29N3O2/c1-3-7-24-11-15(21(26)23-13(2)12-25)8-17-16-5-4-6-18-20(16)14(10-22-18)9-19(17)24/h4-6,10,13,15,17,19,22,25H,3,7-9,11-12H2,1-2H3,(H,23,26)/t13?,15-,17+,19+/m0/s1. The van der Waals surface area contributed by atoms with Crippen molar-refractivity contribution in [2.45, 2.75) is 51.1 Å². The molecule has 5 nitrogen and oxygen atoms in total. The lowest BCUT2D eigenvalue weighted by molar-refractivity contribution is -0.128. The molecule has 2 aliphatic rings. The highest BCUT2D eigenvalue weighted by Crippen LogP contribution is 2.44. The fraction of sp³-hybridized carbons (Fsp3) is 0.571. The first kappa shape index (κ1) is 17.6. The summed E-state index contributed by atoms with van der Waals surface area (Å²) in [6, 6.07) is 6.80. The summed E-state index contributed by atoms with van der Waals surface area (Å²) in [6.45, 7) is 5.87. The number of amides is 1. The zero-order valence-electron chi connectivity index (χ0n) is 15.7. The van der Waals surface area contributed by atoms with Gasteiger partial charge in [0.1, 0.15) is 0 Å². The lowest BCUT2D eigenvalue weighted by atomic mass is 9.72. The van der Waals surface area contributed by atoms with Crippen LogP contribution in [-0.2, 0) is 11.2 Å². The quantitative estimate of drug-likeness (QED) is 0.771. The zero-order valence-corrected chi connectivity index (χ0v) is 15.7. The Morgan fingerprint density at radius 2 is 2.31 bits per heavy atom. The molecule has 0 saturated carbocycles. The highest BCUT2D eigenvalue weighted by Gasteiger charge is 2.42. The molecule has 5 heteroatoms. The maximum atomic E-state index is 12.8. The van der Waals surface area contributed by atoms with E-state index in [1.54, 1.807) is 0 Å². The van der Waals surface area contributed by atoms with Gasteiger partial charge in [0.15, 0.2) is 0 Å². The van der Waals surface area contributed by atoms with Crippen molar-refractivity contribution >= 4 is 16.8 Å². The molecule has 3 N–H and O–H groups in total. The number of aliphatic hydroxyl groups is 1. The number of likely N-dealkylation sites (tertiary alicyclic amines) is 1. The highest BCUT2D eigenvalue weighted by molar-refractivity contribution is 5.88. The number of aliphatic hydroxyl groups excluding tert-OH is 1. The second kappa shape index (κ2) is 7.05. The fourth-order valence-electron chi connectivity index (χ4n) is 4.94. The van der Waals surface area contributed by atoms with Crippen LogP contribution in [0.5, 0.6) is 0 Å². The number of aromatic amines is 1. The number of benzene rings is 1. The molecule has 26 heavy (non-hydrogen) atoms. The molecule has 1 saturated heterocycles. The van der Waals surface area contributed by atoms with Crippen LogP contribution in [0.1, 0.15) is 43.7 Å². The van der Waals surface area contributed by atoms with E-state index in [2.05, 4.69) is 46.5 Å². The van der Waals surface area contributed by atoms with Crippen LogP contribution < -0.4 is 5.32 Å². The van der Waals surface area contributed by atoms with E-state index in [9.17, 15) is 9.90 Å². The number of nitrogens with one attached hydrogen (secondary N) is 2. The predicted molar refractivity (Wildman–Crippen MR) is 103 cm³/mol. The summed E-state index contributed by atoms with van der Waals surface area (Å²) in [7, 11) is 0. The Bertz CT molecular complexity index is 800. The monoisotopic (exact) mass is 355 g/mol.